The van der Waals surface area contributed by atoms with Crippen molar-refractivity contribution in [3.8, 4) is 0 Å². The molecule has 0 radical (unpaired) electrons. The number of fused-ring (bicyclic) bond motifs is 1. The zero-order valence-electron chi connectivity index (χ0n) is 11.0. The van der Waals surface area contributed by atoms with Crippen LogP contribution in [-0.4, -0.2) is 41.0 Å². The first-order chi connectivity index (χ1) is 9.54. The maximum absolute atomic E-state index is 11.4. The van der Waals surface area contributed by atoms with Gasteiger partial charge in [-0.25, -0.2) is 8.42 Å². The van der Waals surface area contributed by atoms with E-state index >= 15 is 0 Å². The third-order valence-electron chi connectivity index (χ3n) is 3.21. The largest absolute Gasteiger partial charge is 0.311 e. The normalized spacial score (nSPS) is 18.8. The fourth-order valence-electron chi connectivity index (χ4n) is 2.37. The first kappa shape index (κ1) is 13.2. The quantitative estimate of drug-likeness (QED) is 0.850. The zero-order valence-corrected chi connectivity index (χ0v) is 11.8. The van der Waals surface area contributed by atoms with E-state index in [0.29, 0.717) is 12.4 Å². The van der Waals surface area contributed by atoms with Crippen LogP contribution >= 0.6 is 0 Å². The number of rotatable bonds is 3. The number of nitrogens with zero attached hydrogens (tertiary/aromatic N) is 4. The Labute approximate surface area is 117 Å². The Morgan fingerprint density at radius 3 is 3.00 bits per heavy atom. The van der Waals surface area contributed by atoms with Crippen LogP contribution in [0.4, 0.5) is 0 Å². The zero-order chi connectivity index (χ0) is 14.2. The smallest absolute Gasteiger partial charge is 0.154 e. The molecule has 3 rings (SSSR count). The first-order valence-electron chi connectivity index (χ1n) is 6.27. The van der Waals surface area contributed by atoms with Gasteiger partial charge in [0, 0.05) is 31.7 Å². The summed E-state index contributed by atoms with van der Waals surface area (Å²) in [5.41, 5.74) is 0.992. The average Bonchev–Trinajstić information content (AvgIpc) is 2.81. The van der Waals surface area contributed by atoms with Crippen LogP contribution in [-0.2, 0) is 22.1 Å². The topological polar surface area (TPSA) is 89.8 Å². The second-order valence-corrected chi connectivity index (χ2v) is 7.01. The van der Waals surface area contributed by atoms with Crippen LogP contribution < -0.4 is 5.32 Å². The molecular weight excluding hydrogens is 278 g/mol. The summed E-state index contributed by atoms with van der Waals surface area (Å²) < 4.78 is 24.7. The van der Waals surface area contributed by atoms with E-state index in [1.54, 1.807) is 12.4 Å². The summed E-state index contributed by atoms with van der Waals surface area (Å²) in [7, 11) is -3.12. The van der Waals surface area contributed by atoms with Crippen molar-refractivity contribution in [3.05, 3.63) is 41.7 Å². The molecule has 7 nitrogen and oxygen atoms in total. The molecule has 0 saturated carbocycles. The lowest BCUT2D eigenvalue weighted by Gasteiger charge is -2.25. The Morgan fingerprint density at radius 1 is 1.45 bits per heavy atom. The highest BCUT2D eigenvalue weighted by Gasteiger charge is 2.27. The Bertz CT molecular complexity index is 711. The Hall–Kier alpha value is -1.80. The molecule has 0 saturated heterocycles. The molecule has 1 unspecified atom stereocenters. The molecule has 106 valence electrons. The van der Waals surface area contributed by atoms with E-state index in [1.165, 1.54) is 6.26 Å². The van der Waals surface area contributed by atoms with E-state index in [-0.39, 0.29) is 11.8 Å². The fraction of sp³-hybridized carbons (Fsp3) is 0.417. The van der Waals surface area contributed by atoms with E-state index in [9.17, 15) is 8.42 Å². The molecule has 0 bridgehead atoms. The lowest BCUT2D eigenvalue weighted by molar-refractivity contribution is 0.449. The third-order valence-corrected chi connectivity index (χ3v) is 3.99. The number of pyridine rings is 1. The maximum atomic E-state index is 11.4. The van der Waals surface area contributed by atoms with Crippen molar-refractivity contribution in [1.82, 2.24) is 25.1 Å². The van der Waals surface area contributed by atoms with E-state index in [2.05, 4.69) is 20.5 Å². The van der Waals surface area contributed by atoms with Crippen molar-refractivity contribution in [3.63, 3.8) is 0 Å². The molecule has 0 amide bonds. The SMILES string of the molecule is CS(=O)(=O)Cc1nnc2n1CCNC2c1cccnc1. The Kier molecular flexibility index (Phi) is 3.27. The summed E-state index contributed by atoms with van der Waals surface area (Å²) in [5, 5.41) is 11.5. The second kappa shape index (κ2) is 4.95. The Morgan fingerprint density at radius 2 is 2.30 bits per heavy atom. The lowest BCUT2D eigenvalue weighted by atomic mass is 10.1. The van der Waals surface area contributed by atoms with Gasteiger partial charge in [0.2, 0.25) is 0 Å². The van der Waals surface area contributed by atoms with Crippen LogP contribution in [0.1, 0.15) is 23.3 Å². The van der Waals surface area contributed by atoms with E-state index in [0.717, 1.165) is 17.9 Å². The van der Waals surface area contributed by atoms with Crippen LogP contribution in [0.15, 0.2) is 24.5 Å². The molecule has 3 heterocycles. The summed E-state index contributed by atoms with van der Waals surface area (Å²) in [4.78, 5) is 4.11. The molecule has 0 fully saturated rings. The monoisotopic (exact) mass is 293 g/mol. The second-order valence-electron chi connectivity index (χ2n) is 4.87. The average molecular weight is 293 g/mol. The molecule has 8 heteroatoms. The highest BCUT2D eigenvalue weighted by molar-refractivity contribution is 7.89. The van der Waals surface area contributed by atoms with E-state index in [1.807, 2.05) is 16.7 Å². The van der Waals surface area contributed by atoms with Gasteiger partial charge in [-0.1, -0.05) is 6.07 Å². The van der Waals surface area contributed by atoms with Crippen LogP contribution in [0, 0.1) is 0 Å². The number of aromatic nitrogens is 4. The molecule has 0 aromatic carbocycles. The van der Waals surface area contributed by atoms with Crippen LogP contribution in [0.2, 0.25) is 0 Å². The van der Waals surface area contributed by atoms with Gasteiger partial charge in [0.1, 0.15) is 11.6 Å². The summed E-state index contributed by atoms with van der Waals surface area (Å²) >= 11 is 0. The first-order valence-corrected chi connectivity index (χ1v) is 8.33. The van der Waals surface area contributed by atoms with Crippen molar-refractivity contribution in [2.75, 3.05) is 12.8 Å². The summed E-state index contributed by atoms with van der Waals surface area (Å²) in [5.74, 6) is 1.15. The van der Waals surface area contributed by atoms with E-state index < -0.39 is 9.84 Å². The summed E-state index contributed by atoms with van der Waals surface area (Å²) in [6.45, 7) is 1.41. The number of nitrogens with one attached hydrogen (secondary N) is 1. The maximum Gasteiger partial charge on any atom is 0.154 e. The minimum Gasteiger partial charge on any atom is -0.311 e. The molecule has 2 aromatic rings. The predicted molar refractivity (Wildman–Crippen MR) is 72.7 cm³/mol. The lowest BCUT2D eigenvalue weighted by Crippen LogP contribution is -2.35. The van der Waals surface area contributed by atoms with Gasteiger partial charge in [0.15, 0.2) is 15.7 Å². The Balaban J connectivity index is 1.99. The van der Waals surface area contributed by atoms with Gasteiger partial charge in [0.25, 0.3) is 0 Å². The molecule has 2 aromatic heterocycles. The van der Waals surface area contributed by atoms with Crippen LogP contribution in [0.5, 0.6) is 0 Å². The van der Waals surface area contributed by atoms with Gasteiger partial charge < -0.3 is 9.88 Å². The number of hydrogen-bond acceptors (Lipinski definition) is 6. The van der Waals surface area contributed by atoms with Gasteiger partial charge >= 0.3 is 0 Å². The van der Waals surface area contributed by atoms with Gasteiger partial charge in [0.05, 0.1) is 6.04 Å². The molecule has 1 atom stereocenters. The summed E-state index contributed by atoms with van der Waals surface area (Å²) in [6.07, 6.45) is 4.69. The minimum absolute atomic E-state index is 0.0836. The molecule has 1 aliphatic rings. The van der Waals surface area contributed by atoms with Crippen molar-refractivity contribution in [2.45, 2.75) is 18.3 Å². The number of sulfone groups is 1. The molecule has 1 aliphatic heterocycles. The molecule has 0 aliphatic carbocycles. The third kappa shape index (κ3) is 2.56. The minimum atomic E-state index is -3.12. The van der Waals surface area contributed by atoms with Gasteiger partial charge in [-0.05, 0) is 11.6 Å². The standard InChI is InChI=1S/C12H15N5O2S/c1-20(18,19)8-10-15-16-12-11(14-5-6-17(10)12)9-3-2-4-13-7-9/h2-4,7,11,14H,5-6,8H2,1H3. The number of hydrogen-bond donors (Lipinski definition) is 1. The van der Waals surface area contributed by atoms with Crippen molar-refractivity contribution in [1.29, 1.82) is 0 Å². The van der Waals surface area contributed by atoms with E-state index in [4.69, 9.17) is 0 Å². The molecular formula is C12H15N5O2S. The molecule has 1 N–H and O–H groups in total. The van der Waals surface area contributed by atoms with Gasteiger partial charge in [-0.3, -0.25) is 4.98 Å². The van der Waals surface area contributed by atoms with Crippen LogP contribution in [0.25, 0.3) is 0 Å². The fourth-order valence-corrected chi connectivity index (χ4v) is 3.06. The highest BCUT2D eigenvalue weighted by Crippen LogP contribution is 2.23. The van der Waals surface area contributed by atoms with Crippen LogP contribution in [0.3, 0.4) is 0 Å². The van der Waals surface area contributed by atoms with Crippen molar-refractivity contribution in [2.24, 2.45) is 0 Å². The predicted octanol–water partition coefficient (Wildman–Crippen LogP) is -0.0897. The molecule has 0 spiro atoms. The molecule has 20 heavy (non-hydrogen) atoms. The van der Waals surface area contributed by atoms with Crippen molar-refractivity contribution >= 4 is 9.84 Å². The van der Waals surface area contributed by atoms with Crippen molar-refractivity contribution < 1.29 is 8.42 Å². The van der Waals surface area contributed by atoms with Gasteiger partial charge in [-0.15, -0.1) is 10.2 Å². The summed E-state index contributed by atoms with van der Waals surface area (Å²) in [6, 6.07) is 3.73. The highest BCUT2D eigenvalue weighted by atomic mass is 32.2. The van der Waals surface area contributed by atoms with Gasteiger partial charge in [-0.2, -0.15) is 0 Å².